The molecule has 0 saturated heterocycles. The molecule has 7 heteroatoms. The minimum Gasteiger partial charge on any atom is -0.383 e. The van der Waals surface area contributed by atoms with E-state index in [9.17, 15) is 0 Å². The van der Waals surface area contributed by atoms with Crippen molar-refractivity contribution >= 4 is 41.3 Å². The summed E-state index contributed by atoms with van der Waals surface area (Å²) in [6.07, 6.45) is 1.88. The van der Waals surface area contributed by atoms with E-state index in [-0.39, 0.29) is 30.0 Å². The molecule has 104 valence electrons. The first-order chi connectivity index (χ1) is 8.15. The zero-order chi connectivity index (χ0) is 12.7. The van der Waals surface area contributed by atoms with E-state index in [0.29, 0.717) is 13.2 Å². The predicted octanol–water partition coefficient (Wildman–Crippen LogP) is 1.77. The van der Waals surface area contributed by atoms with Gasteiger partial charge in [0, 0.05) is 31.3 Å². The molecule has 0 aromatic carbocycles. The normalized spacial score (nSPS) is 12.8. The number of thiazole rings is 1. The molecule has 0 aliphatic carbocycles. The number of guanidine groups is 1. The van der Waals surface area contributed by atoms with Crippen LogP contribution < -0.4 is 10.6 Å². The van der Waals surface area contributed by atoms with Crippen molar-refractivity contribution in [2.24, 2.45) is 4.99 Å². The molecular formula is C11H21IN4OS. The fourth-order valence-electron chi connectivity index (χ4n) is 1.36. The minimum absolute atomic E-state index is 0. The lowest BCUT2D eigenvalue weighted by molar-refractivity contribution is 0.179. The van der Waals surface area contributed by atoms with E-state index in [1.807, 2.05) is 13.1 Å². The van der Waals surface area contributed by atoms with Crippen molar-refractivity contribution < 1.29 is 4.74 Å². The van der Waals surface area contributed by atoms with Crippen LogP contribution >= 0.6 is 35.3 Å². The number of hydrogen-bond acceptors (Lipinski definition) is 4. The molecule has 0 aliphatic rings. The molecule has 0 aliphatic heterocycles. The third-order valence-electron chi connectivity index (χ3n) is 2.10. The van der Waals surface area contributed by atoms with Crippen LogP contribution in [-0.2, 0) is 11.3 Å². The summed E-state index contributed by atoms with van der Waals surface area (Å²) in [5, 5.41) is 7.51. The molecule has 1 rings (SSSR count). The molecule has 5 nitrogen and oxygen atoms in total. The zero-order valence-electron chi connectivity index (χ0n) is 11.2. The lowest BCUT2D eigenvalue weighted by Crippen LogP contribution is -2.43. The number of aliphatic imine (C=N–C) groups is 1. The largest absolute Gasteiger partial charge is 0.383 e. The van der Waals surface area contributed by atoms with Crippen molar-refractivity contribution in [2.45, 2.75) is 26.4 Å². The number of nitrogens with one attached hydrogen (secondary N) is 2. The van der Waals surface area contributed by atoms with Gasteiger partial charge in [-0.1, -0.05) is 0 Å². The highest BCUT2D eigenvalue weighted by atomic mass is 127. The van der Waals surface area contributed by atoms with Crippen LogP contribution in [0.3, 0.4) is 0 Å². The lowest BCUT2D eigenvalue weighted by Gasteiger charge is -2.16. The quantitative estimate of drug-likeness (QED) is 0.462. The summed E-state index contributed by atoms with van der Waals surface area (Å²) >= 11 is 1.69. The number of aromatic nitrogens is 1. The highest BCUT2D eigenvalue weighted by Crippen LogP contribution is 2.10. The first kappa shape index (κ1) is 17.6. The maximum absolute atomic E-state index is 5.06. The van der Waals surface area contributed by atoms with Crippen molar-refractivity contribution in [3.8, 4) is 0 Å². The average Bonchev–Trinajstić information content (AvgIpc) is 2.70. The first-order valence-electron chi connectivity index (χ1n) is 5.53. The fourth-order valence-corrected chi connectivity index (χ4v) is 2.09. The molecule has 2 N–H and O–H groups in total. The van der Waals surface area contributed by atoms with Crippen LogP contribution in [0.4, 0.5) is 0 Å². The Morgan fingerprint density at radius 1 is 1.61 bits per heavy atom. The summed E-state index contributed by atoms with van der Waals surface area (Å²) in [5.74, 6) is 0.766. The number of ether oxygens (including phenoxy) is 1. The van der Waals surface area contributed by atoms with Gasteiger partial charge in [-0.2, -0.15) is 0 Å². The Labute approximate surface area is 129 Å². The molecule has 0 spiro atoms. The number of nitrogens with zero attached hydrogens (tertiary/aromatic N) is 2. The van der Waals surface area contributed by atoms with Crippen LogP contribution in [0, 0.1) is 6.92 Å². The Morgan fingerprint density at radius 2 is 2.33 bits per heavy atom. The van der Waals surface area contributed by atoms with E-state index in [2.05, 4.69) is 27.5 Å². The second kappa shape index (κ2) is 9.51. The monoisotopic (exact) mass is 384 g/mol. The van der Waals surface area contributed by atoms with Crippen molar-refractivity contribution in [3.05, 3.63) is 16.1 Å². The highest BCUT2D eigenvalue weighted by molar-refractivity contribution is 14.0. The van der Waals surface area contributed by atoms with E-state index in [1.165, 1.54) is 4.88 Å². The molecule has 1 heterocycles. The standard InChI is InChI=1S/C11H20N4OS.HI/c1-8(7-16-4)15-11(12-3)14-6-10-13-5-9(2)17-10;/h5,8H,6-7H2,1-4H3,(H2,12,14,15);1H. The number of methoxy groups -OCH3 is 1. The topological polar surface area (TPSA) is 58.5 Å². The van der Waals surface area contributed by atoms with Crippen LogP contribution in [0.1, 0.15) is 16.8 Å². The zero-order valence-corrected chi connectivity index (χ0v) is 14.3. The van der Waals surface area contributed by atoms with Gasteiger partial charge in [-0.25, -0.2) is 4.98 Å². The third-order valence-corrected chi connectivity index (χ3v) is 3.01. The summed E-state index contributed by atoms with van der Waals surface area (Å²) in [6, 6.07) is 0.226. The van der Waals surface area contributed by atoms with Gasteiger partial charge in [0.05, 0.1) is 13.2 Å². The van der Waals surface area contributed by atoms with Gasteiger partial charge in [-0.05, 0) is 13.8 Å². The SMILES string of the molecule is CN=C(NCc1ncc(C)s1)NC(C)COC.I. The van der Waals surface area contributed by atoms with Crippen molar-refractivity contribution in [2.75, 3.05) is 20.8 Å². The molecule has 0 bridgehead atoms. The number of halogens is 1. The Kier molecular flexibility index (Phi) is 9.29. The third kappa shape index (κ3) is 6.50. The maximum Gasteiger partial charge on any atom is 0.191 e. The highest BCUT2D eigenvalue weighted by Gasteiger charge is 2.05. The van der Waals surface area contributed by atoms with Crippen molar-refractivity contribution in [1.29, 1.82) is 0 Å². The van der Waals surface area contributed by atoms with Crippen LogP contribution in [0.5, 0.6) is 0 Å². The Bertz CT molecular complexity index is 370. The molecule has 0 amide bonds. The van der Waals surface area contributed by atoms with E-state index >= 15 is 0 Å². The Morgan fingerprint density at radius 3 is 2.83 bits per heavy atom. The summed E-state index contributed by atoms with van der Waals surface area (Å²) in [7, 11) is 3.44. The van der Waals surface area contributed by atoms with E-state index in [4.69, 9.17) is 4.74 Å². The van der Waals surface area contributed by atoms with Gasteiger partial charge in [-0.3, -0.25) is 4.99 Å². The fraction of sp³-hybridized carbons (Fsp3) is 0.636. The molecule has 0 saturated carbocycles. The van der Waals surface area contributed by atoms with Crippen molar-refractivity contribution in [3.63, 3.8) is 0 Å². The molecule has 1 aromatic heterocycles. The summed E-state index contributed by atoms with van der Waals surface area (Å²) in [4.78, 5) is 9.65. The second-order valence-electron chi connectivity index (χ2n) is 3.79. The van der Waals surface area contributed by atoms with Gasteiger partial charge in [0.15, 0.2) is 5.96 Å². The van der Waals surface area contributed by atoms with E-state index in [0.717, 1.165) is 11.0 Å². The summed E-state index contributed by atoms with van der Waals surface area (Å²) in [5.41, 5.74) is 0. The Hall–Kier alpha value is -0.410. The second-order valence-corrected chi connectivity index (χ2v) is 5.11. The lowest BCUT2D eigenvalue weighted by atomic mass is 10.4. The van der Waals surface area contributed by atoms with Gasteiger partial charge in [0.25, 0.3) is 0 Å². The Balaban J connectivity index is 0.00000289. The molecule has 18 heavy (non-hydrogen) atoms. The number of hydrogen-bond donors (Lipinski definition) is 2. The smallest absolute Gasteiger partial charge is 0.191 e. The van der Waals surface area contributed by atoms with Gasteiger partial charge >= 0.3 is 0 Å². The molecule has 1 unspecified atom stereocenters. The van der Waals surface area contributed by atoms with Crippen LogP contribution in [0.15, 0.2) is 11.2 Å². The van der Waals surface area contributed by atoms with Gasteiger partial charge in [0.1, 0.15) is 5.01 Å². The predicted molar refractivity (Wildman–Crippen MR) is 86.9 cm³/mol. The van der Waals surface area contributed by atoms with Gasteiger partial charge < -0.3 is 15.4 Å². The molecular weight excluding hydrogens is 363 g/mol. The first-order valence-corrected chi connectivity index (χ1v) is 6.34. The number of aryl methyl sites for hydroxylation is 1. The van der Waals surface area contributed by atoms with Gasteiger partial charge in [-0.15, -0.1) is 35.3 Å². The van der Waals surface area contributed by atoms with E-state index in [1.54, 1.807) is 25.5 Å². The van der Waals surface area contributed by atoms with E-state index < -0.39 is 0 Å². The van der Waals surface area contributed by atoms with Crippen molar-refractivity contribution in [1.82, 2.24) is 15.6 Å². The average molecular weight is 384 g/mol. The number of rotatable bonds is 5. The maximum atomic E-state index is 5.06. The summed E-state index contributed by atoms with van der Waals surface area (Å²) in [6.45, 7) is 5.44. The minimum atomic E-state index is 0. The molecule has 1 atom stereocenters. The molecule has 0 radical (unpaired) electrons. The van der Waals surface area contributed by atoms with Crippen LogP contribution in [0.25, 0.3) is 0 Å². The summed E-state index contributed by atoms with van der Waals surface area (Å²) < 4.78 is 5.06. The molecule has 0 fully saturated rings. The van der Waals surface area contributed by atoms with Crippen LogP contribution in [-0.4, -0.2) is 37.7 Å². The van der Waals surface area contributed by atoms with Crippen LogP contribution in [0.2, 0.25) is 0 Å². The van der Waals surface area contributed by atoms with Gasteiger partial charge in [0.2, 0.25) is 0 Å². The molecule has 1 aromatic rings.